The lowest BCUT2D eigenvalue weighted by molar-refractivity contribution is -0.119. The minimum Gasteiger partial charge on any atom is -0.504 e. The number of carbonyl (C=O) groups is 1. The monoisotopic (exact) mass is 421 g/mol. The topological polar surface area (TPSA) is 118 Å². The molecule has 0 atom stereocenters. The molecular formula is C19H23N3O6S. The van der Waals surface area contributed by atoms with Gasteiger partial charge in [-0.2, -0.15) is 5.10 Å². The van der Waals surface area contributed by atoms with Crippen LogP contribution in [0.25, 0.3) is 0 Å². The number of aromatic hydroxyl groups is 1. The lowest BCUT2D eigenvalue weighted by Gasteiger charge is -2.23. The van der Waals surface area contributed by atoms with Gasteiger partial charge >= 0.3 is 0 Å². The van der Waals surface area contributed by atoms with Crippen LogP contribution < -0.4 is 19.2 Å². The van der Waals surface area contributed by atoms with Crippen molar-refractivity contribution in [3.63, 3.8) is 0 Å². The van der Waals surface area contributed by atoms with Crippen molar-refractivity contribution in [1.29, 1.82) is 0 Å². The minimum absolute atomic E-state index is 0.0227. The number of hydrogen-bond acceptors (Lipinski definition) is 7. The number of nitrogens with zero attached hydrogens (tertiary/aromatic N) is 2. The average molecular weight is 421 g/mol. The first-order chi connectivity index (χ1) is 13.8. The molecule has 0 spiro atoms. The maximum atomic E-state index is 12.3. The van der Waals surface area contributed by atoms with E-state index < -0.39 is 22.5 Å². The highest BCUT2D eigenvalue weighted by Crippen LogP contribution is 2.29. The molecule has 2 N–H and O–H groups in total. The zero-order valence-corrected chi connectivity index (χ0v) is 17.1. The second kappa shape index (κ2) is 9.78. The number of nitrogens with one attached hydrogen (secondary N) is 1. The molecule has 0 fully saturated rings. The first-order valence-corrected chi connectivity index (χ1v) is 10.5. The second-order valence-corrected chi connectivity index (χ2v) is 7.80. The van der Waals surface area contributed by atoms with Crippen LogP contribution in [-0.4, -0.2) is 52.2 Å². The molecule has 0 aliphatic heterocycles. The highest BCUT2D eigenvalue weighted by molar-refractivity contribution is 7.92. The first-order valence-electron chi connectivity index (χ1n) is 8.64. The number of anilines is 1. The summed E-state index contributed by atoms with van der Waals surface area (Å²) in [6, 6.07) is 11.1. The van der Waals surface area contributed by atoms with Crippen LogP contribution in [0.3, 0.4) is 0 Å². The third kappa shape index (κ3) is 6.11. The van der Waals surface area contributed by atoms with Gasteiger partial charge in [0.25, 0.3) is 5.91 Å². The number of carbonyl (C=O) groups excluding carboxylic acids is 1. The van der Waals surface area contributed by atoms with Crippen molar-refractivity contribution in [2.45, 2.75) is 6.92 Å². The standard InChI is InChI=1S/C19H23N3O6S/c1-4-28-17-8-6-5-7-15(17)22(29(3,25)26)13-19(24)21-20-12-14-9-10-16(23)18(11-14)27-2/h5-12,23H,4,13H2,1-3H3,(H,21,24)/b20-12-. The van der Waals surface area contributed by atoms with Gasteiger partial charge in [-0.1, -0.05) is 12.1 Å². The van der Waals surface area contributed by atoms with E-state index in [0.717, 1.165) is 10.6 Å². The summed E-state index contributed by atoms with van der Waals surface area (Å²) < 4.78 is 35.9. The normalized spacial score (nSPS) is 11.3. The minimum atomic E-state index is -3.75. The molecular weight excluding hydrogens is 398 g/mol. The molecule has 1 amide bonds. The van der Waals surface area contributed by atoms with Gasteiger partial charge in [-0.3, -0.25) is 9.10 Å². The van der Waals surface area contributed by atoms with Gasteiger partial charge in [-0.25, -0.2) is 13.8 Å². The highest BCUT2D eigenvalue weighted by Gasteiger charge is 2.23. The summed E-state index contributed by atoms with van der Waals surface area (Å²) in [6.07, 6.45) is 2.35. The van der Waals surface area contributed by atoms with Gasteiger partial charge < -0.3 is 14.6 Å². The summed E-state index contributed by atoms with van der Waals surface area (Å²) in [5.41, 5.74) is 3.12. The SMILES string of the molecule is CCOc1ccccc1N(CC(=O)N/N=C\c1ccc(O)c(OC)c1)S(C)(=O)=O. The molecule has 2 aromatic carbocycles. The Morgan fingerprint density at radius 1 is 1.24 bits per heavy atom. The van der Waals surface area contributed by atoms with Crippen molar-refractivity contribution in [2.24, 2.45) is 5.10 Å². The van der Waals surface area contributed by atoms with E-state index in [0.29, 0.717) is 17.9 Å². The Bertz CT molecular complexity index is 991. The zero-order chi connectivity index (χ0) is 21.4. The number of rotatable bonds is 9. The fraction of sp³-hybridized carbons (Fsp3) is 0.263. The molecule has 0 radical (unpaired) electrons. The molecule has 10 heteroatoms. The van der Waals surface area contributed by atoms with E-state index in [1.165, 1.54) is 25.5 Å². The van der Waals surface area contributed by atoms with Crippen molar-refractivity contribution in [3.8, 4) is 17.2 Å². The van der Waals surface area contributed by atoms with Crippen molar-refractivity contribution in [2.75, 3.05) is 30.8 Å². The van der Waals surface area contributed by atoms with Crippen molar-refractivity contribution < 1.29 is 27.8 Å². The Morgan fingerprint density at radius 2 is 1.97 bits per heavy atom. The largest absolute Gasteiger partial charge is 0.504 e. The number of para-hydroxylation sites is 2. The number of sulfonamides is 1. The Labute approximate surface area is 169 Å². The maximum absolute atomic E-state index is 12.3. The molecule has 0 aliphatic carbocycles. The fourth-order valence-electron chi connectivity index (χ4n) is 2.44. The number of phenols is 1. The zero-order valence-electron chi connectivity index (χ0n) is 16.3. The summed E-state index contributed by atoms with van der Waals surface area (Å²) in [4.78, 5) is 12.3. The molecule has 2 aromatic rings. The van der Waals surface area contributed by atoms with Gasteiger partial charge in [0, 0.05) is 0 Å². The van der Waals surface area contributed by atoms with E-state index in [-0.39, 0.29) is 17.2 Å². The van der Waals surface area contributed by atoms with Gasteiger partial charge in [0.1, 0.15) is 12.3 Å². The van der Waals surface area contributed by atoms with Crippen LogP contribution in [0, 0.1) is 0 Å². The maximum Gasteiger partial charge on any atom is 0.260 e. The van der Waals surface area contributed by atoms with E-state index in [4.69, 9.17) is 9.47 Å². The number of phenolic OH excluding ortho intramolecular Hbond substituents is 1. The Morgan fingerprint density at radius 3 is 2.62 bits per heavy atom. The van der Waals surface area contributed by atoms with Crippen LogP contribution in [0.1, 0.15) is 12.5 Å². The van der Waals surface area contributed by atoms with Gasteiger partial charge in [-0.15, -0.1) is 0 Å². The van der Waals surface area contributed by atoms with E-state index in [9.17, 15) is 18.3 Å². The summed E-state index contributed by atoms with van der Waals surface area (Å²) >= 11 is 0. The number of hydrazone groups is 1. The number of ether oxygens (including phenoxy) is 2. The lowest BCUT2D eigenvalue weighted by Crippen LogP contribution is -2.39. The molecule has 2 rings (SSSR count). The summed E-state index contributed by atoms with van der Waals surface area (Å²) in [7, 11) is -2.33. The number of benzene rings is 2. The van der Waals surface area contributed by atoms with E-state index in [2.05, 4.69) is 10.5 Å². The second-order valence-electron chi connectivity index (χ2n) is 5.89. The molecule has 0 heterocycles. The molecule has 0 aliphatic rings. The Kier molecular flexibility index (Phi) is 7.43. The molecule has 0 aromatic heterocycles. The summed E-state index contributed by atoms with van der Waals surface area (Å²) in [5, 5.41) is 13.4. The van der Waals surface area contributed by atoms with E-state index >= 15 is 0 Å². The highest BCUT2D eigenvalue weighted by atomic mass is 32.2. The van der Waals surface area contributed by atoms with E-state index in [1.807, 2.05) is 0 Å². The van der Waals surface area contributed by atoms with Crippen molar-refractivity contribution >= 4 is 27.8 Å². The predicted octanol–water partition coefficient (Wildman–Crippen LogP) is 1.72. The number of amides is 1. The molecule has 9 nitrogen and oxygen atoms in total. The molecule has 0 bridgehead atoms. The van der Waals surface area contributed by atoms with Gasteiger partial charge in [0.05, 0.1) is 31.9 Å². The van der Waals surface area contributed by atoms with Crippen LogP contribution in [0.15, 0.2) is 47.6 Å². The predicted molar refractivity (Wildman–Crippen MR) is 110 cm³/mol. The molecule has 29 heavy (non-hydrogen) atoms. The third-order valence-electron chi connectivity index (χ3n) is 3.73. The summed E-state index contributed by atoms with van der Waals surface area (Å²) in [5.74, 6) is -0.0434. The van der Waals surface area contributed by atoms with Crippen LogP contribution >= 0.6 is 0 Å². The van der Waals surface area contributed by atoms with Crippen LogP contribution in [0.4, 0.5) is 5.69 Å². The van der Waals surface area contributed by atoms with Crippen molar-refractivity contribution in [1.82, 2.24) is 5.43 Å². The van der Waals surface area contributed by atoms with Crippen LogP contribution in [0.2, 0.25) is 0 Å². The van der Waals surface area contributed by atoms with E-state index in [1.54, 1.807) is 37.3 Å². The lowest BCUT2D eigenvalue weighted by atomic mass is 10.2. The first kappa shape index (κ1) is 22.0. The third-order valence-corrected chi connectivity index (χ3v) is 4.85. The molecule has 0 saturated heterocycles. The smallest absolute Gasteiger partial charge is 0.260 e. The van der Waals surface area contributed by atoms with Crippen molar-refractivity contribution in [3.05, 3.63) is 48.0 Å². The van der Waals surface area contributed by atoms with Gasteiger partial charge in [0.2, 0.25) is 10.0 Å². The number of hydrogen-bond donors (Lipinski definition) is 2. The summed E-state index contributed by atoms with van der Waals surface area (Å²) in [6.45, 7) is 1.65. The molecule has 0 saturated carbocycles. The Balaban J connectivity index is 2.14. The molecule has 0 unspecified atom stereocenters. The fourth-order valence-corrected chi connectivity index (χ4v) is 3.30. The molecule has 156 valence electrons. The quantitative estimate of drug-likeness (QED) is 0.470. The average Bonchev–Trinajstić information content (AvgIpc) is 2.67. The Hall–Kier alpha value is -3.27. The van der Waals surface area contributed by atoms with Crippen LogP contribution in [0.5, 0.6) is 17.2 Å². The van der Waals surface area contributed by atoms with Crippen LogP contribution in [-0.2, 0) is 14.8 Å². The number of methoxy groups -OCH3 is 1. The van der Waals surface area contributed by atoms with Gasteiger partial charge in [0.15, 0.2) is 11.5 Å². The van der Waals surface area contributed by atoms with Gasteiger partial charge in [-0.05, 0) is 42.8 Å².